The SMILES string of the molecule is CC(C)CC(NC(=O)c1cccnc1Br)c1ccccc1. The molecule has 0 aliphatic heterocycles. The molecule has 1 aromatic heterocycles. The van der Waals surface area contributed by atoms with Crippen molar-refractivity contribution in [3.05, 3.63) is 64.4 Å². The molecule has 0 aliphatic carbocycles. The Morgan fingerprint density at radius 2 is 1.90 bits per heavy atom. The lowest BCUT2D eigenvalue weighted by atomic mass is 9.97. The number of benzene rings is 1. The number of rotatable bonds is 5. The van der Waals surface area contributed by atoms with Crippen molar-refractivity contribution < 1.29 is 4.79 Å². The van der Waals surface area contributed by atoms with E-state index in [0.29, 0.717) is 16.1 Å². The molecule has 1 aromatic carbocycles. The van der Waals surface area contributed by atoms with Crippen LogP contribution in [-0.2, 0) is 0 Å². The van der Waals surface area contributed by atoms with Crippen LogP contribution >= 0.6 is 15.9 Å². The monoisotopic (exact) mass is 346 g/mol. The summed E-state index contributed by atoms with van der Waals surface area (Å²) in [5.41, 5.74) is 1.68. The van der Waals surface area contributed by atoms with Crippen molar-refractivity contribution in [1.29, 1.82) is 0 Å². The summed E-state index contributed by atoms with van der Waals surface area (Å²) >= 11 is 3.32. The van der Waals surface area contributed by atoms with Crippen LogP contribution in [0.5, 0.6) is 0 Å². The van der Waals surface area contributed by atoms with Gasteiger partial charge in [-0.1, -0.05) is 44.2 Å². The largest absolute Gasteiger partial charge is 0.345 e. The van der Waals surface area contributed by atoms with Gasteiger partial charge in [-0.25, -0.2) is 4.98 Å². The van der Waals surface area contributed by atoms with Crippen molar-refractivity contribution in [1.82, 2.24) is 10.3 Å². The average molecular weight is 347 g/mol. The second kappa shape index (κ2) is 7.36. The highest BCUT2D eigenvalue weighted by Crippen LogP contribution is 2.22. The molecule has 1 heterocycles. The van der Waals surface area contributed by atoms with Crippen LogP contribution in [-0.4, -0.2) is 10.9 Å². The highest BCUT2D eigenvalue weighted by Gasteiger charge is 2.18. The maximum absolute atomic E-state index is 12.4. The van der Waals surface area contributed by atoms with Crippen molar-refractivity contribution in [3.63, 3.8) is 0 Å². The highest BCUT2D eigenvalue weighted by atomic mass is 79.9. The number of amides is 1. The van der Waals surface area contributed by atoms with Gasteiger partial charge in [0.15, 0.2) is 0 Å². The molecule has 4 heteroatoms. The zero-order valence-corrected chi connectivity index (χ0v) is 13.8. The number of nitrogens with one attached hydrogen (secondary N) is 1. The van der Waals surface area contributed by atoms with Gasteiger partial charge in [-0.15, -0.1) is 0 Å². The average Bonchev–Trinajstić information content (AvgIpc) is 2.47. The van der Waals surface area contributed by atoms with E-state index in [1.807, 2.05) is 30.3 Å². The summed E-state index contributed by atoms with van der Waals surface area (Å²) in [7, 11) is 0. The van der Waals surface area contributed by atoms with Crippen LogP contribution in [0, 0.1) is 5.92 Å². The fourth-order valence-electron chi connectivity index (χ4n) is 2.23. The lowest BCUT2D eigenvalue weighted by Gasteiger charge is -2.21. The normalized spacial score (nSPS) is 12.2. The molecule has 2 aromatic rings. The van der Waals surface area contributed by atoms with Gasteiger partial charge in [-0.2, -0.15) is 0 Å². The predicted octanol–water partition coefficient (Wildman–Crippen LogP) is 4.36. The van der Waals surface area contributed by atoms with Crippen LogP contribution in [0.4, 0.5) is 0 Å². The minimum absolute atomic E-state index is 0.00538. The fraction of sp³-hybridized carbons (Fsp3) is 0.294. The molecule has 21 heavy (non-hydrogen) atoms. The highest BCUT2D eigenvalue weighted by molar-refractivity contribution is 9.10. The molecule has 1 atom stereocenters. The molecule has 0 fully saturated rings. The molecule has 0 radical (unpaired) electrons. The van der Waals surface area contributed by atoms with E-state index in [-0.39, 0.29) is 11.9 Å². The maximum Gasteiger partial charge on any atom is 0.254 e. The third-order valence-electron chi connectivity index (χ3n) is 3.22. The van der Waals surface area contributed by atoms with Gasteiger partial charge in [0.05, 0.1) is 11.6 Å². The van der Waals surface area contributed by atoms with Crippen LogP contribution in [0.3, 0.4) is 0 Å². The first-order valence-corrected chi connectivity index (χ1v) is 7.83. The smallest absolute Gasteiger partial charge is 0.254 e. The summed E-state index contributed by atoms with van der Waals surface area (Å²) in [4.78, 5) is 16.5. The van der Waals surface area contributed by atoms with Crippen LogP contribution in [0.25, 0.3) is 0 Å². The Hall–Kier alpha value is -1.68. The van der Waals surface area contributed by atoms with E-state index >= 15 is 0 Å². The van der Waals surface area contributed by atoms with Gasteiger partial charge in [0.1, 0.15) is 4.60 Å². The van der Waals surface area contributed by atoms with Crippen molar-refractivity contribution in [2.75, 3.05) is 0 Å². The number of carbonyl (C=O) groups excluding carboxylic acids is 1. The zero-order chi connectivity index (χ0) is 15.2. The molecule has 0 bridgehead atoms. The summed E-state index contributed by atoms with van der Waals surface area (Å²) in [5.74, 6) is 0.386. The summed E-state index contributed by atoms with van der Waals surface area (Å²) in [6, 6.07) is 13.6. The molecular formula is C17H19BrN2O. The Labute approximate surface area is 133 Å². The number of halogens is 1. The number of carbonyl (C=O) groups is 1. The minimum atomic E-state index is -0.107. The first-order chi connectivity index (χ1) is 10.1. The number of aromatic nitrogens is 1. The third-order valence-corrected chi connectivity index (χ3v) is 3.85. The zero-order valence-electron chi connectivity index (χ0n) is 12.2. The van der Waals surface area contributed by atoms with Gasteiger partial charge in [0.2, 0.25) is 0 Å². The third kappa shape index (κ3) is 4.39. The fourth-order valence-corrected chi connectivity index (χ4v) is 2.66. The molecule has 3 nitrogen and oxygen atoms in total. The first kappa shape index (κ1) is 15.7. The Balaban J connectivity index is 2.19. The van der Waals surface area contributed by atoms with Crippen molar-refractivity contribution in [3.8, 4) is 0 Å². The van der Waals surface area contributed by atoms with Crippen LogP contribution in [0.1, 0.15) is 42.2 Å². The molecule has 110 valence electrons. The quantitative estimate of drug-likeness (QED) is 0.817. The van der Waals surface area contributed by atoms with Crippen molar-refractivity contribution >= 4 is 21.8 Å². The summed E-state index contributed by atoms with van der Waals surface area (Å²) in [6.07, 6.45) is 2.55. The Bertz CT molecular complexity index is 599. The van der Waals surface area contributed by atoms with Crippen molar-refractivity contribution in [2.45, 2.75) is 26.3 Å². The van der Waals surface area contributed by atoms with E-state index in [2.05, 4.69) is 40.1 Å². The first-order valence-electron chi connectivity index (χ1n) is 7.04. The molecule has 1 N–H and O–H groups in total. The van der Waals surface area contributed by atoms with E-state index in [9.17, 15) is 4.79 Å². The van der Waals surface area contributed by atoms with Crippen molar-refractivity contribution in [2.24, 2.45) is 5.92 Å². The van der Waals surface area contributed by atoms with E-state index < -0.39 is 0 Å². The standard InChI is InChI=1S/C17H19BrN2O/c1-12(2)11-15(13-7-4-3-5-8-13)20-17(21)14-9-6-10-19-16(14)18/h3-10,12,15H,11H2,1-2H3,(H,20,21). The van der Waals surface area contributed by atoms with Gasteiger partial charge in [-0.05, 0) is 46.0 Å². The van der Waals surface area contributed by atoms with Gasteiger partial charge in [-0.3, -0.25) is 4.79 Å². The molecule has 0 saturated carbocycles. The molecule has 2 rings (SSSR count). The predicted molar refractivity (Wildman–Crippen MR) is 88.0 cm³/mol. The lowest BCUT2D eigenvalue weighted by molar-refractivity contribution is 0.0930. The second-order valence-electron chi connectivity index (χ2n) is 5.41. The second-order valence-corrected chi connectivity index (χ2v) is 6.16. The molecule has 0 aliphatic rings. The Morgan fingerprint density at radius 1 is 1.19 bits per heavy atom. The Kier molecular flexibility index (Phi) is 5.51. The minimum Gasteiger partial charge on any atom is -0.345 e. The molecule has 1 unspecified atom stereocenters. The van der Waals surface area contributed by atoms with Gasteiger partial charge in [0.25, 0.3) is 5.91 Å². The topological polar surface area (TPSA) is 42.0 Å². The van der Waals surface area contributed by atoms with Crippen LogP contribution < -0.4 is 5.32 Å². The molecular weight excluding hydrogens is 328 g/mol. The van der Waals surface area contributed by atoms with Gasteiger partial charge < -0.3 is 5.32 Å². The van der Waals surface area contributed by atoms with E-state index in [1.165, 1.54) is 0 Å². The number of pyridine rings is 1. The lowest BCUT2D eigenvalue weighted by Crippen LogP contribution is -2.29. The summed E-state index contributed by atoms with van der Waals surface area (Å²) in [5, 5.41) is 3.11. The maximum atomic E-state index is 12.4. The summed E-state index contributed by atoms with van der Waals surface area (Å²) < 4.78 is 0.568. The van der Waals surface area contributed by atoms with E-state index in [0.717, 1.165) is 12.0 Å². The van der Waals surface area contributed by atoms with Crippen LogP contribution in [0.2, 0.25) is 0 Å². The molecule has 0 spiro atoms. The van der Waals surface area contributed by atoms with Gasteiger partial charge >= 0.3 is 0 Å². The van der Waals surface area contributed by atoms with E-state index in [4.69, 9.17) is 0 Å². The molecule has 1 amide bonds. The Morgan fingerprint density at radius 3 is 2.52 bits per heavy atom. The summed E-state index contributed by atoms with van der Waals surface area (Å²) in [6.45, 7) is 4.31. The van der Waals surface area contributed by atoms with E-state index in [1.54, 1.807) is 18.3 Å². The van der Waals surface area contributed by atoms with Crippen LogP contribution in [0.15, 0.2) is 53.3 Å². The molecule has 0 saturated heterocycles. The van der Waals surface area contributed by atoms with Gasteiger partial charge in [0, 0.05) is 6.20 Å². The number of hydrogen-bond donors (Lipinski definition) is 1. The number of hydrogen-bond acceptors (Lipinski definition) is 2. The number of nitrogens with zero attached hydrogens (tertiary/aromatic N) is 1.